The van der Waals surface area contributed by atoms with Crippen molar-refractivity contribution in [2.24, 2.45) is 0 Å². The van der Waals surface area contributed by atoms with Crippen molar-refractivity contribution in [2.45, 2.75) is 26.2 Å². The second kappa shape index (κ2) is 11.8. The first-order chi connectivity index (χ1) is 16.3. The molecule has 0 aliphatic heterocycles. The molecule has 0 heterocycles. The van der Waals surface area contributed by atoms with Crippen LogP contribution in [0.2, 0.25) is 0 Å². The molecule has 0 unspecified atom stereocenters. The lowest BCUT2D eigenvalue weighted by Gasteiger charge is -2.28. The lowest BCUT2D eigenvalue weighted by atomic mass is 10.1. The molecule has 33 heavy (non-hydrogen) atoms. The lowest BCUT2D eigenvalue weighted by molar-refractivity contribution is -0.134. The minimum atomic E-state index is 0.134. The summed E-state index contributed by atoms with van der Waals surface area (Å²) in [7, 11) is 0. The maximum absolute atomic E-state index is 13.6. The molecular weight excluding hydrogens is 404 g/mol. The van der Waals surface area contributed by atoms with E-state index in [-0.39, 0.29) is 5.91 Å². The predicted octanol–water partition coefficient (Wildman–Crippen LogP) is 5.92. The van der Waals surface area contributed by atoms with Gasteiger partial charge in [0.05, 0.1) is 6.54 Å². The first-order valence-corrected chi connectivity index (χ1v) is 11.4. The van der Waals surface area contributed by atoms with Crippen molar-refractivity contribution in [3.63, 3.8) is 0 Å². The zero-order valence-electron chi connectivity index (χ0n) is 18.9. The molecule has 0 atom stereocenters. The molecule has 4 rings (SSSR count). The molecule has 0 bridgehead atoms. The number of rotatable bonds is 10. The number of benzene rings is 4. The van der Waals surface area contributed by atoms with E-state index in [1.165, 1.54) is 11.1 Å². The van der Waals surface area contributed by atoms with Gasteiger partial charge in [0.25, 0.3) is 0 Å². The van der Waals surface area contributed by atoms with Crippen LogP contribution in [0.25, 0.3) is 0 Å². The summed E-state index contributed by atoms with van der Waals surface area (Å²) >= 11 is 0. The van der Waals surface area contributed by atoms with Crippen molar-refractivity contribution >= 4 is 5.91 Å². The SMILES string of the molecule is O=C(CN(Cc1ccccc1)Cc1ccccc1)N(Cc1ccccc1)Cc1ccccc1. The quantitative estimate of drug-likeness (QED) is 0.309. The van der Waals surface area contributed by atoms with Gasteiger partial charge in [0.2, 0.25) is 5.91 Å². The summed E-state index contributed by atoms with van der Waals surface area (Å²) in [6.45, 7) is 3.01. The van der Waals surface area contributed by atoms with Gasteiger partial charge in [-0.15, -0.1) is 0 Å². The van der Waals surface area contributed by atoms with Crippen LogP contribution in [-0.4, -0.2) is 22.3 Å². The Morgan fingerprint density at radius 3 is 1.09 bits per heavy atom. The van der Waals surface area contributed by atoms with Crippen LogP contribution in [-0.2, 0) is 31.0 Å². The maximum atomic E-state index is 13.6. The Bertz CT molecular complexity index is 1020. The van der Waals surface area contributed by atoms with E-state index in [1.54, 1.807) is 0 Å². The van der Waals surface area contributed by atoms with E-state index in [9.17, 15) is 4.79 Å². The number of carbonyl (C=O) groups is 1. The smallest absolute Gasteiger partial charge is 0.237 e. The molecule has 0 aliphatic carbocycles. The number of hydrogen-bond donors (Lipinski definition) is 0. The highest BCUT2D eigenvalue weighted by atomic mass is 16.2. The summed E-state index contributed by atoms with van der Waals surface area (Å²) < 4.78 is 0. The summed E-state index contributed by atoms with van der Waals surface area (Å²) in [6, 6.07) is 41.2. The fraction of sp³-hybridized carbons (Fsp3) is 0.167. The van der Waals surface area contributed by atoms with Gasteiger partial charge < -0.3 is 4.90 Å². The van der Waals surface area contributed by atoms with Crippen LogP contribution in [0.1, 0.15) is 22.3 Å². The van der Waals surface area contributed by atoms with Crippen LogP contribution >= 0.6 is 0 Å². The number of hydrogen-bond acceptors (Lipinski definition) is 2. The molecule has 0 N–H and O–H groups in total. The van der Waals surface area contributed by atoms with Crippen molar-refractivity contribution in [3.8, 4) is 0 Å². The summed E-state index contributed by atoms with van der Waals surface area (Å²) in [4.78, 5) is 17.8. The van der Waals surface area contributed by atoms with Gasteiger partial charge in [-0.2, -0.15) is 0 Å². The van der Waals surface area contributed by atoms with Gasteiger partial charge in [0, 0.05) is 26.2 Å². The standard InChI is InChI=1S/C30H30N2O/c33-30(32(23-28-17-9-3-10-18-28)24-29-19-11-4-12-20-29)25-31(21-26-13-5-1-6-14-26)22-27-15-7-2-8-16-27/h1-20H,21-25H2. The molecule has 0 aromatic heterocycles. The van der Waals surface area contributed by atoms with E-state index in [4.69, 9.17) is 0 Å². The summed E-state index contributed by atoms with van der Waals surface area (Å²) in [6.07, 6.45) is 0. The van der Waals surface area contributed by atoms with E-state index in [1.807, 2.05) is 53.4 Å². The molecule has 1 amide bonds. The van der Waals surface area contributed by atoms with E-state index in [2.05, 4.69) is 77.7 Å². The minimum absolute atomic E-state index is 0.134. The van der Waals surface area contributed by atoms with Crippen LogP contribution in [0.5, 0.6) is 0 Å². The van der Waals surface area contributed by atoms with Gasteiger partial charge in [-0.05, 0) is 22.3 Å². The second-order valence-electron chi connectivity index (χ2n) is 8.34. The van der Waals surface area contributed by atoms with Crippen molar-refractivity contribution < 1.29 is 4.79 Å². The Labute approximate surface area is 196 Å². The zero-order valence-corrected chi connectivity index (χ0v) is 18.9. The van der Waals surface area contributed by atoms with E-state index >= 15 is 0 Å². The Morgan fingerprint density at radius 1 is 0.455 bits per heavy atom. The molecule has 166 valence electrons. The highest BCUT2D eigenvalue weighted by Gasteiger charge is 2.19. The average molecular weight is 435 g/mol. The largest absolute Gasteiger partial charge is 0.333 e. The molecule has 3 nitrogen and oxygen atoms in total. The van der Waals surface area contributed by atoms with Crippen LogP contribution < -0.4 is 0 Å². The van der Waals surface area contributed by atoms with Crippen LogP contribution in [0.4, 0.5) is 0 Å². The van der Waals surface area contributed by atoms with Crippen molar-refractivity contribution in [1.29, 1.82) is 0 Å². The first-order valence-electron chi connectivity index (χ1n) is 11.4. The average Bonchev–Trinajstić information content (AvgIpc) is 2.86. The monoisotopic (exact) mass is 434 g/mol. The lowest BCUT2D eigenvalue weighted by Crippen LogP contribution is -2.39. The van der Waals surface area contributed by atoms with Crippen LogP contribution in [0.3, 0.4) is 0 Å². The van der Waals surface area contributed by atoms with Crippen molar-refractivity contribution in [1.82, 2.24) is 9.80 Å². The molecule has 0 saturated heterocycles. The van der Waals surface area contributed by atoms with Crippen molar-refractivity contribution in [3.05, 3.63) is 144 Å². The zero-order chi connectivity index (χ0) is 22.7. The number of nitrogens with zero attached hydrogens (tertiary/aromatic N) is 2. The molecule has 0 aliphatic rings. The summed E-state index contributed by atoms with van der Waals surface area (Å²) in [5, 5.41) is 0. The van der Waals surface area contributed by atoms with Gasteiger partial charge in [-0.1, -0.05) is 121 Å². The highest BCUT2D eigenvalue weighted by Crippen LogP contribution is 2.14. The van der Waals surface area contributed by atoms with Gasteiger partial charge in [0.1, 0.15) is 0 Å². The predicted molar refractivity (Wildman–Crippen MR) is 134 cm³/mol. The van der Waals surface area contributed by atoms with Gasteiger partial charge in [0.15, 0.2) is 0 Å². The minimum Gasteiger partial charge on any atom is -0.333 e. The Morgan fingerprint density at radius 2 is 0.758 bits per heavy atom. The summed E-state index contributed by atoms with van der Waals surface area (Å²) in [5.74, 6) is 0.134. The fourth-order valence-corrected chi connectivity index (χ4v) is 3.98. The normalized spacial score (nSPS) is 10.8. The van der Waals surface area contributed by atoms with Gasteiger partial charge in [-0.3, -0.25) is 9.69 Å². The first kappa shape index (κ1) is 22.5. The maximum Gasteiger partial charge on any atom is 0.237 e. The molecule has 0 spiro atoms. The van der Waals surface area contributed by atoms with Gasteiger partial charge >= 0.3 is 0 Å². The third kappa shape index (κ3) is 7.16. The molecule has 0 fully saturated rings. The fourth-order valence-electron chi connectivity index (χ4n) is 3.98. The molecule has 3 heteroatoms. The number of amides is 1. The molecule has 4 aromatic carbocycles. The molecular formula is C30H30N2O. The van der Waals surface area contributed by atoms with Crippen LogP contribution in [0.15, 0.2) is 121 Å². The third-order valence-corrected chi connectivity index (χ3v) is 5.64. The third-order valence-electron chi connectivity index (χ3n) is 5.64. The molecule has 0 saturated carbocycles. The molecule has 4 aromatic rings. The number of carbonyl (C=O) groups excluding carboxylic acids is 1. The van der Waals surface area contributed by atoms with Crippen LogP contribution in [0, 0.1) is 0 Å². The Kier molecular flexibility index (Phi) is 8.04. The highest BCUT2D eigenvalue weighted by molar-refractivity contribution is 5.78. The van der Waals surface area contributed by atoms with E-state index < -0.39 is 0 Å². The second-order valence-corrected chi connectivity index (χ2v) is 8.34. The Hall–Kier alpha value is -3.69. The van der Waals surface area contributed by atoms with E-state index in [0.717, 1.165) is 24.2 Å². The topological polar surface area (TPSA) is 23.6 Å². The van der Waals surface area contributed by atoms with E-state index in [0.29, 0.717) is 19.6 Å². The van der Waals surface area contributed by atoms with Crippen molar-refractivity contribution in [2.75, 3.05) is 6.54 Å². The summed E-state index contributed by atoms with van der Waals surface area (Å²) in [5.41, 5.74) is 4.69. The molecule has 0 radical (unpaired) electrons. The van der Waals surface area contributed by atoms with Gasteiger partial charge in [-0.25, -0.2) is 0 Å². The Balaban J connectivity index is 1.53.